The lowest BCUT2D eigenvalue weighted by atomic mass is 10.1. The smallest absolute Gasteiger partial charge is 0.238 e. The van der Waals surface area contributed by atoms with Gasteiger partial charge in [0.05, 0.1) is 22.0 Å². The maximum atomic E-state index is 12.2. The summed E-state index contributed by atoms with van der Waals surface area (Å²) in [7, 11) is -3.72. The molecule has 0 fully saturated rings. The van der Waals surface area contributed by atoms with Crippen molar-refractivity contribution in [2.24, 2.45) is 5.14 Å². The predicted octanol–water partition coefficient (Wildman–Crippen LogP) is 2.02. The van der Waals surface area contributed by atoms with E-state index in [-0.39, 0.29) is 16.8 Å². The maximum Gasteiger partial charge on any atom is 0.238 e. The molecule has 8 heteroatoms. The molecule has 0 aliphatic rings. The Balaban J connectivity index is 1.57. The van der Waals surface area contributed by atoms with E-state index in [0.717, 1.165) is 22.4 Å². The second kappa shape index (κ2) is 7.27. The van der Waals surface area contributed by atoms with Crippen molar-refractivity contribution in [3.8, 4) is 0 Å². The summed E-state index contributed by atoms with van der Waals surface area (Å²) >= 11 is 0. The maximum absolute atomic E-state index is 12.2. The zero-order valence-electron chi connectivity index (χ0n) is 14.3. The van der Waals surface area contributed by atoms with Gasteiger partial charge in [-0.2, -0.15) is 0 Å². The van der Waals surface area contributed by atoms with E-state index >= 15 is 0 Å². The van der Waals surface area contributed by atoms with Gasteiger partial charge < -0.3 is 10.3 Å². The highest BCUT2D eigenvalue weighted by molar-refractivity contribution is 7.89. The molecular weight excluding hydrogens is 352 g/mol. The molecule has 3 rings (SSSR count). The van der Waals surface area contributed by atoms with Crippen LogP contribution in [0, 0.1) is 0 Å². The molecule has 2 aromatic carbocycles. The van der Waals surface area contributed by atoms with Gasteiger partial charge >= 0.3 is 0 Å². The molecule has 0 spiro atoms. The van der Waals surface area contributed by atoms with Crippen molar-refractivity contribution in [1.82, 2.24) is 15.3 Å². The average Bonchev–Trinajstić information content (AvgIpc) is 3.02. The summed E-state index contributed by atoms with van der Waals surface area (Å²) in [5.41, 5.74) is 2.63. The Morgan fingerprint density at radius 3 is 2.54 bits per heavy atom. The quantitative estimate of drug-likeness (QED) is 0.613. The number of aromatic nitrogens is 2. The number of sulfonamides is 1. The third-order valence-electron chi connectivity index (χ3n) is 4.11. The summed E-state index contributed by atoms with van der Waals surface area (Å²) in [4.78, 5) is 19.9. The number of aryl methyl sites for hydroxylation is 1. The molecule has 3 aromatic rings. The Morgan fingerprint density at radius 1 is 1.19 bits per heavy atom. The molecule has 7 nitrogen and oxygen atoms in total. The molecule has 1 atom stereocenters. The highest BCUT2D eigenvalue weighted by Crippen LogP contribution is 2.16. The van der Waals surface area contributed by atoms with Crippen LogP contribution in [0.25, 0.3) is 11.0 Å². The summed E-state index contributed by atoms with van der Waals surface area (Å²) in [5, 5.41) is 7.98. The van der Waals surface area contributed by atoms with Crippen molar-refractivity contribution in [3.05, 3.63) is 59.9 Å². The van der Waals surface area contributed by atoms with E-state index in [1.54, 1.807) is 12.1 Å². The van der Waals surface area contributed by atoms with E-state index in [0.29, 0.717) is 12.8 Å². The van der Waals surface area contributed by atoms with E-state index in [9.17, 15) is 13.2 Å². The van der Waals surface area contributed by atoms with Crippen LogP contribution in [0.3, 0.4) is 0 Å². The lowest BCUT2D eigenvalue weighted by Crippen LogP contribution is -2.27. The number of amides is 1. The molecule has 1 aromatic heterocycles. The Kier molecular flexibility index (Phi) is 5.06. The van der Waals surface area contributed by atoms with Crippen molar-refractivity contribution >= 4 is 27.0 Å². The van der Waals surface area contributed by atoms with Gasteiger partial charge in [0.1, 0.15) is 5.82 Å². The predicted molar refractivity (Wildman–Crippen MR) is 98.8 cm³/mol. The number of para-hydroxylation sites is 2. The first kappa shape index (κ1) is 18.1. The minimum Gasteiger partial charge on any atom is -0.350 e. The number of nitrogens with zero attached hydrogens (tertiary/aromatic N) is 1. The lowest BCUT2D eigenvalue weighted by molar-refractivity contribution is -0.121. The van der Waals surface area contributed by atoms with Crippen LogP contribution in [-0.4, -0.2) is 24.3 Å². The van der Waals surface area contributed by atoms with Crippen LogP contribution in [-0.2, 0) is 21.2 Å². The molecule has 0 aliphatic heterocycles. The van der Waals surface area contributed by atoms with Gasteiger partial charge in [-0.3, -0.25) is 4.79 Å². The van der Waals surface area contributed by atoms with Crippen molar-refractivity contribution in [3.63, 3.8) is 0 Å². The molecule has 0 saturated carbocycles. The molecule has 0 aliphatic carbocycles. The molecule has 0 bridgehead atoms. The fraction of sp³-hybridized carbons (Fsp3) is 0.222. The Hall–Kier alpha value is -2.71. The molecule has 0 saturated heterocycles. The standard InChI is InChI=1S/C18H20N4O3S/c1-12(13-6-8-14(9-7-13)26(19,24)25)20-18(23)11-10-17-21-15-4-2-3-5-16(15)22-17/h2-9,12H,10-11H2,1H3,(H,20,23)(H,21,22)(H2,19,24,25)/t12-/m0/s1. The van der Waals surface area contributed by atoms with Crippen LogP contribution < -0.4 is 10.5 Å². The van der Waals surface area contributed by atoms with Gasteiger partial charge in [0.25, 0.3) is 0 Å². The Bertz CT molecular complexity index is 993. The number of carbonyl (C=O) groups is 1. The van der Waals surface area contributed by atoms with E-state index in [2.05, 4.69) is 15.3 Å². The van der Waals surface area contributed by atoms with Gasteiger partial charge in [-0.25, -0.2) is 18.5 Å². The number of imidazole rings is 1. The number of primary sulfonamides is 1. The fourth-order valence-electron chi connectivity index (χ4n) is 2.70. The van der Waals surface area contributed by atoms with Gasteiger partial charge in [0.15, 0.2) is 0 Å². The Labute approximate surface area is 151 Å². The minimum absolute atomic E-state index is 0.0460. The first-order valence-corrected chi connectivity index (χ1v) is 9.73. The number of nitrogens with two attached hydrogens (primary N) is 1. The normalized spacial score (nSPS) is 12.8. The lowest BCUT2D eigenvalue weighted by Gasteiger charge is -2.14. The number of carbonyl (C=O) groups excluding carboxylic acids is 1. The molecule has 1 heterocycles. The first-order valence-electron chi connectivity index (χ1n) is 8.19. The molecule has 26 heavy (non-hydrogen) atoms. The molecule has 4 N–H and O–H groups in total. The van der Waals surface area contributed by atoms with E-state index in [4.69, 9.17) is 5.14 Å². The summed E-state index contributed by atoms with van der Waals surface area (Å²) in [6, 6.07) is 13.6. The largest absolute Gasteiger partial charge is 0.350 e. The number of hydrogen-bond acceptors (Lipinski definition) is 4. The summed E-state index contributed by atoms with van der Waals surface area (Å²) in [6.07, 6.45) is 0.816. The third-order valence-corrected chi connectivity index (χ3v) is 5.04. The molecular formula is C18H20N4O3S. The van der Waals surface area contributed by atoms with Crippen molar-refractivity contribution in [2.45, 2.75) is 30.7 Å². The molecule has 1 amide bonds. The van der Waals surface area contributed by atoms with E-state index in [1.165, 1.54) is 12.1 Å². The highest BCUT2D eigenvalue weighted by Gasteiger charge is 2.13. The van der Waals surface area contributed by atoms with Crippen LogP contribution in [0.5, 0.6) is 0 Å². The number of H-pyrrole nitrogens is 1. The van der Waals surface area contributed by atoms with Gasteiger partial charge in [-0.15, -0.1) is 0 Å². The molecule has 0 radical (unpaired) electrons. The first-order chi connectivity index (χ1) is 12.3. The van der Waals surface area contributed by atoms with Crippen LogP contribution in [0.2, 0.25) is 0 Å². The van der Waals surface area contributed by atoms with Gasteiger partial charge in [-0.1, -0.05) is 24.3 Å². The zero-order chi connectivity index (χ0) is 18.7. The number of benzene rings is 2. The van der Waals surface area contributed by atoms with Gasteiger partial charge in [-0.05, 0) is 36.8 Å². The average molecular weight is 372 g/mol. The second-order valence-electron chi connectivity index (χ2n) is 6.10. The van der Waals surface area contributed by atoms with Crippen molar-refractivity contribution in [1.29, 1.82) is 0 Å². The van der Waals surface area contributed by atoms with Crippen LogP contribution in [0.1, 0.15) is 30.8 Å². The topological polar surface area (TPSA) is 118 Å². The van der Waals surface area contributed by atoms with Crippen LogP contribution in [0.4, 0.5) is 0 Å². The number of fused-ring (bicyclic) bond motifs is 1. The SMILES string of the molecule is C[C@H](NC(=O)CCc1nc2ccccc2[nH]1)c1ccc(S(N)(=O)=O)cc1. The minimum atomic E-state index is -3.72. The molecule has 136 valence electrons. The van der Waals surface area contributed by atoms with Crippen molar-refractivity contribution < 1.29 is 13.2 Å². The van der Waals surface area contributed by atoms with Gasteiger partial charge in [0, 0.05) is 12.8 Å². The van der Waals surface area contributed by atoms with Crippen LogP contribution >= 0.6 is 0 Å². The monoisotopic (exact) mass is 372 g/mol. The summed E-state index contributed by atoms with van der Waals surface area (Å²) in [6.45, 7) is 1.84. The van der Waals surface area contributed by atoms with Crippen molar-refractivity contribution in [2.75, 3.05) is 0 Å². The third kappa shape index (κ3) is 4.27. The molecule has 0 unspecified atom stereocenters. The Morgan fingerprint density at radius 2 is 1.88 bits per heavy atom. The number of nitrogens with one attached hydrogen (secondary N) is 2. The zero-order valence-corrected chi connectivity index (χ0v) is 15.1. The van der Waals surface area contributed by atoms with E-state index < -0.39 is 10.0 Å². The van der Waals surface area contributed by atoms with E-state index in [1.807, 2.05) is 31.2 Å². The second-order valence-corrected chi connectivity index (χ2v) is 7.67. The number of hydrogen-bond donors (Lipinski definition) is 3. The summed E-state index contributed by atoms with van der Waals surface area (Å²) in [5.74, 6) is 0.667. The van der Waals surface area contributed by atoms with Crippen LogP contribution in [0.15, 0.2) is 53.4 Å². The highest BCUT2D eigenvalue weighted by atomic mass is 32.2. The number of aromatic amines is 1. The number of rotatable bonds is 6. The fourth-order valence-corrected chi connectivity index (χ4v) is 3.21. The van der Waals surface area contributed by atoms with Gasteiger partial charge in [0.2, 0.25) is 15.9 Å². The summed E-state index contributed by atoms with van der Waals surface area (Å²) < 4.78 is 22.6.